The fraction of sp³-hybridized carbons (Fsp3) is 0.400. The van der Waals surface area contributed by atoms with Crippen molar-refractivity contribution in [3.63, 3.8) is 0 Å². The van der Waals surface area contributed by atoms with Crippen LogP contribution in [0.3, 0.4) is 0 Å². The van der Waals surface area contributed by atoms with Crippen molar-refractivity contribution in [3.8, 4) is 5.75 Å². The molecule has 4 heteroatoms. The zero-order valence-corrected chi connectivity index (χ0v) is 12.0. The van der Waals surface area contributed by atoms with Crippen molar-refractivity contribution >= 4 is 0 Å². The lowest BCUT2D eigenvalue weighted by Crippen LogP contribution is -2.18. The molecule has 102 valence electrons. The maximum atomic E-state index is 5.45. The molecule has 0 aliphatic rings. The van der Waals surface area contributed by atoms with E-state index in [1.807, 2.05) is 24.1 Å². The molecule has 1 atom stereocenters. The number of hydrogen-bond acceptors (Lipinski definition) is 3. The summed E-state index contributed by atoms with van der Waals surface area (Å²) >= 11 is 0. The molecule has 1 aromatic heterocycles. The fourth-order valence-electron chi connectivity index (χ4n) is 2.12. The minimum atomic E-state index is 0.232. The Morgan fingerprint density at radius 3 is 2.84 bits per heavy atom. The van der Waals surface area contributed by atoms with E-state index in [2.05, 4.69) is 42.5 Å². The highest BCUT2D eigenvalue weighted by molar-refractivity contribution is 5.39. The summed E-state index contributed by atoms with van der Waals surface area (Å²) in [5, 5.41) is 7.65. The maximum absolute atomic E-state index is 5.45. The molecule has 2 aromatic rings. The van der Waals surface area contributed by atoms with Crippen molar-refractivity contribution < 1.29 is 4.74 Å². The smallest absolute Gasteiger partial charge is 0.123 e. The number of nitrogens with zero attached hydrogens (tertiary/aromatic N) is 2. The van der Waals surface area contributed by atoms with E-state index in [-0.39, 0.29) is 6.04 Å². The van der Waals surface area contributed by atoms with Gasteiger partial charge in [0.15, 0.2) is 0 Å². The molecule has 19 heavy (non-hydrogen) atoms. The van der Waals surface area contributed by atoms with Crippen LogP contribution in [0, 0.1) is 6.92 Å². The first-order valence-corrected chi connectivity index (χ1v) is 6.45. The Morgan fingerprint density at radius 2 is 2.21 bits per heavy atom. The predicted octanol–water partition coefficient (Wildman–Crippen LogP) is 2.59. The van der Waals surface area contributed by atoms with Crippen LogP contribution in [-0.2, 0) is 13.6 Å². The molecule has 0 radical (unpaired) electrons. The van der Waals surface area contributed by atoms with E-state index in [4.69, 9.17) is 4.74 Å². The lowest BCUT2D eigenvalue weighted by atomic mass is 10.0. The van der Waals surface area contributed by atoms with Crippen LogP contribution in [0.4, 0.5) is 0 Å². The first-order chi connectivity index (χ1) is 9.10. The normalized spacial score (nSPS) is 12.4. The first kappa shape index (κ1) is 13.6. The Bertz CT molecular complexity index is 548. The Labute approximate surface area is 114 Å². The van der Waals surface area contributed by atoms with Gasteiger partial charge in [-0.15, -0.1) is 0 Å². The van der Waals surface area contributed by atoms with Gasteiger partial charge in [-0.25, -0.2) is 0 Å². The van der Waals surface area contributed by atoms with Gasteiger partial charge < -0.3 is 10.1 Å². The van der Waals surface area contributed by atoms with Gasteiger partial charge in [0.05, 0.1) is 13.3 Å². The highest BCUT2D eigenvalue weighted by Gasteiger charge is 2.11. The molecule has 1 aromatic carbocycles. The molecule has 4 nitrogen and oxygen atoms in total. The maximum Gasteiger partial charge on any atom is 0.123 e. The van der Waals surface area contributed by atoms with Crippen LogP contribution in [0.1, 0.15) is 29.7 Å². The SMILES string of the molecule is COc1cc(C)ccc1C(C)NCc1cnn(C)c1. The van der Waals surface area contributed by atoms with Gasteiger partial charge in [-0.2, -0.15) is 5.10 Å². The largest absolute Gasteiger partial charge is 0.496 e. The number of methoxy groups -OCH3 is 1. The molecule has 1 N–H and O–H groups in total. The highest BCUT2D eigenvalue weighted by atomic mass is 16.5. The van der Waals surface area contributed by atoms with Crippen molar-refractivity contribution in [1.29, 1.82) is 0 Å². The molecule has 0 spiro atoms. The summed E-state index contributed by atoms with van der Waals surface area (Å²) in [4.78, 5) is 0. The Balaban J connectivity index is 2.05. The lowest BCUT2D eigenvalue weighted by molar-refractivity contribution is 0.401. The van der Waals surface area contributed by atoms with Crippen LogP contribution in [0.15, 0.2) is 30.6 Å². The molecule has 0 bridgehead atoms. The second-order valence-electron chi connectivity index (χ2n) is 4.87. The summed E-state index contributed by atoms with van der Waals surface area (Å²) in [5.74, 6) is 0.936. The van der Waals surface area contributed by atoms with E-state index in [9.17, 15) is 0 Å². The minimum absolute atomic E-state index is 0.232. The van der Waals surface area contributed by atoms with E-state index in [0.29, 0.717) is 0 Å². The van der Waals surface area contributed by atoms with Gasteiger partial charge in [0.25, 0.3) is 0 Å². The van der Waals surface area contributed by atoms with Crippen molar-refractivity contribution in [2.45, 2.75) is 26.4 Å². The van der Waals surface area contributed by atoms with Crippen molar-refractivity contribution in [2.75, 3.05) is 7.11 Å². The van der Waals surface area contributed by atoms with Crippen LogP contribution in [0.2, 0.25) is 0 Å². The predicted molar refractivity (Wildman–Crippen MR) is 76.2 cm³/mol. The van der Waals surface area contributed by atoms with Crippen molar-refractivity contribution in [1.82, 2.24) is 15.1 Å². The molecule has 1 heterocycles. The molecule has 0 amide bonds. The van der Waals surface area contributed by atoms with Crippen LogP contribution in [-0.4, -0.2) is 16.9 Å². The third-order valence-corrected chi connectivity index (χ3v) is 3.23. The summed E-state index contributed by atoms with van der Waals surface area (Å²) < 4.78 is 7.26. The van der Waals surface area contributed by atoms with E-state index in [1.165, 1.54) is 16.7 Å². The number of aryl methyl sites for hydroxylation is 2. The summed E-state index contributed by atoms with van der Waals surface area (Å²) in [6.07, 6.45) is 3.90. The first-order valence-electron chi connectivity index (χ1n) is 6.45. The number of rotatable bonds is 5. The van der Waals surface area contributed by atoms with E-state index < -0.39 is 0 Å². The number of nitrogens with one attached hydrogen (secondary N) is 1. The van der Waals surface area contributed by atoms with Crippen LogP contribution >= 0.6 is 0 Å². The summed E-state index contributed by atoms with van der Waals surface area (Å²) in [5.41, 5.74) is 3.57. The van der Waals surface area contributed by atoms with Gasteiger partial charge in [0.2, 0.25) is 0 Å². The number of benzene rings is 1. The van der Waals surface area contributed by atoms with Crippen LogP contribution in [0.5, 0.6) is 5.75 Å². The Kier molecular flexibility index (Phi) is 4.22. The average molecular weight is 259 g/mol. The quantitative estimate of drug-likeness (QED) is 0.897. The Morgan fingerprint density at radius 1 is 1.42 bits per heavy atom. The third-order valence-electron chi connectivity index (χ3n) is 3.23. The molecule has 0 aliphatic carbocycles. The highest BCUT2D eigenvalue weighted by Crippen LogP contribution is 2.26. The van der Waals surface area contributed by atoms with Gasteiger partial charge in [-0.05, 0) is 25.5 Å². The summed E-state index contributed by atoms with van der Waals surface area (Å²) in [7, 11) is 3.64. The number of aromatic nitrogens is 2. The summed E-state index contributed by atoms with van der Waals surface area (Å²) in [6, 6.07) is 6.53. The van der Waals surface area contributed by atoms with E-state index >= 15 is 0 Å². The van der Waals surface area contributed by atoms with Gasteiger partial charge in [-0.3, -0.25) is 4.68 Å². The zero-order chi connectivity index (χ0) is 13.8. The molecule has 0 fully saturated rings. The van der Waals surface area contributed by atoms with E-state index in [0.717, 1.165) is 12.3 Å². The molecule has 0 saturated carbocycles. The molecule has 1 unspecified atom stereocenters. The van der Waals surface area contributed by atoms with Crippen molar-refractivity contribution in [2.24, 2.45) is 7.05 Å². The monoisotopic (exact) mass is 259 g/mol. The minimum Gasteiger partial charge on any atom is -0.496 e. The lowest BCUT2D eigenvalue weighted by Gasteiger charge is -2.17. The fourth-order valence-corrected chi connectivity index (χ4v) is 2.12. The van der Waals surface area contributed by atoms with E-state index in [1.54, 1.807) is 7.11 Å². The molecular formula is C15H21N3O. The third kappa shape index (κ3) is 3.35. The standard InChI is InChI=1S/C15H21N3O/c1-11-5-6-14(15(7-11)19-4)12(2)16-8-13-9-17-18(3)10-13/h5-7,9-10,12,16H,8H2,1-4H3. The summed E-state index contributed by atoms with van der Waals surface area (Å²) in [6.45, 7) is 5.01. The zero-order valence-electron chi connectivity index (χ0n) is 12.0. The number of ether oxygens (including phenoxy) is 1. The van der Waals surface area contributed by atoms with Gasteiger partial charge in [-0.1, -0.05) is 12.1 Å². The molecule has 2 rings (SSSR count). The second-order valence-corrected chi connectivity index (χ2v) is 4.87. The molecule has 0 saturated heterocycles. The molecule has 0 aliphatic heterocycles. The molecular weight excluding hydrogens is 238 g/mol. The van der Waals surface area contributed by atoms with Gasteiger partial charge in [0.1, 0.15) is 5.75 Å². The van der Waals surface area contributed by atoms with Crippen LogP contribution < -0.4 is 10.1 Å². The second kappa shape index (κ2) is 5.89. The number of hydrogen-bond donors (Lipinski definition) is 1. The average Bonchev–Trinajstić information content (AvgIpc) is 2.81. The van der Waals surface area contributed by atoms with Crippen LogP contribution in [0.25, 0.3) is 0 Å². The Hall–Kier alpha value is -1.81. The van der Waals surface area contributed by atoms with Gasteiger partial charge in [0, 0.05) is 37.0 Å². The van der Waals surface area contributed by atoms with Gasteiger partial charge >= 0.3 is 0 Å². The van der Waals surface area contributed by atoms with Crippen molar-refractivity contribution in [3.05, 3.63) is 47.3 Å². The topological polar surface area (TPSA) is 39.1 Å².